The van der Waals surface area contributed by atoms with Gasteiger partial charge in [0.25, 0.3) is 0 Å². The number of nitrogens with zero attached hydrogens (tertiary/aromatic N) is 1. The lowest BCUT2D eigenvalue weighted by Crippen LogP contribution is -2.15. The zero-order valence-corrected chi connectivity index (χ0v) is 15.0. The number of rotatable bonds is 4. The van der Waals surface area contributed by atoms with Gasteiger partial charge in [-0.25, -0.2) is 0 Å². The lowest BCUT2D eigenvalue weighted by molar-refractivity contribution is 1.09. The van der Waals surface area contributed by atoms with Crippen LogP contribution in [0.1, 0.15) is 23.7 Å². The first-order valence-electron chi connectivity index (χ1n) is 7.79. The highest BCUT2D eigenvalue weighted by Gasteiger charge is 2.24. The fourth-order valence-corrected chi connectivity index (χ4v) is 5.95. The van der Waals surface area contributed by atoms with Crippen molar-refractivity contribution in [1.82, 2.24) is 0 Å². The van der Waals surface area contributed by atoms with E-state index in [1.165, 1.54) is 10.6 Å². The van der Waals surface area contributed by atoms with Crippen LogP contribution < -0.4 is 10.6 Å². The first-order chi connectivity index (χ1) is 11.7. The normalized spacial score (nSPS) is 11.9. The molecule has 0 saturated carbocycles. The first kappa shape index (κ1) is 16.7. The number of hydrogen-bond acceptors (Lipinski definition) is 1. The summed E-state index contributed by atoms with van der Waals surface area (Å²) in [6, 6.07) is 28.9. The number of hydrogen-bond donors (Lipinski definition) is 0. The summed E-state index contributed by atoms with van der Waals surface area (Å²) in [7, 11) is -0.586. The van der Waals surface area contributed by atoms with Crippen LogP contribution in [0.2, 0.25) is 5.02 Å². The van der Waals surface area contributed by atoms with Crippen molar-refractivity contribution >= 4 is 30.1 Å². The number of nitriles is 1. The SMILES string of the molecule is CC(c1ccc(C#N)cc1Cl)P(c1ccccc1)c1ccccc1. The highest BCUT2D eigenvalue weighted by atomic mass is 35.5. The van der Waals surface area contributed by atoms with Crippen molar-refractivity contribution in [2.24, 2.45) is 0 Å². The zero-order valence-electron chi connectivity index (χ0n) is 13.4. The Morgan fingerprint density at radius 1 is 0.875 bits per heavy atom. The number of benzene rings is 3. The topological polar surface area (TPSA) is 23.8 Å². The number of halogens is 1. The van der Waals surface area contributed by atoms with Gasteiger partial charge in [-0.05, 0) is 36.2 Å². The van der Waals surface area contributed by atoms with E-state index in [0.29, 0.717) is 10.6 Å². The molecule has 0 N–H and O–H groups in total. The molecule has 0 bridgehead atoms. The average Bonchev–Trinajstić information content (AvgIpc) is 2.63. The molecule has 24 heavy (non-hydrogen) atoms. The van der Waals surface area contributed by atoms with Gasteiger partial charge in [0.2, 0.25) is 0 Å². The summed E-state index contributed by atoms with van der Waals surface area (Å²) in [5, 5.41) is 12.4. The monoisotopic (exact) mass is 349 g/mol. The van der Waals surface area contributed by atoms with E-state index in [9.17, 15) is 0 Å². The van der Waals surface area contributed by atoms with Gasteiger partial charge in [0.1, 0.15) is 0 Å². The third-order valence-corrected chi connectivity index (χ3v) is 7.12. The third-order valence-electron chi connectivity index (χ3n) is 4.04. The highest BCUT2D eigenvalue weighted by molar-refractivity contribution is 7.73. The lowest BCUT2D eigenvalue weighted by atomic mass is 10.1. The molecule has 0 aliphatic heterocycles. The molecule has 0 aliphatic carbocycles. The molecule has 0 radical (unpaired) electrons. The molecule has 0 amide bonds. The van der Waals surface area contributed by atoms with E-state index in [4.69, 9.17) is 16.9 Å². The van der Waals surface area contributed by atoms with E-state index in [1.807, 2.05) is 24.3 Å². The smallest absolute Gasteiger partial charge is 0.0992 e. The van der Waals surface area contributed by atoms with Crippen LogP contribution in [-0.4, -0.2) is 0 Å². The summed E-state index contributed by atoms with van der Waals surface area (Å²) in [6.45, 7) is 2.22. The van der Waals surface area contributed by atoms with Crippen LogP contribution in [0.3, 0.4) is 0 Å². The molecule has 0 saturated heterocycles. The molecule has 0 spiro atoms. The summed E-state index contributed by atoms with van der Waals surface area (Å²) >= 11 is 6.48. The summed E-state index contributed by atoms with van der Waals surface area (Å²) in [5.41, 5.74) is 1.94. The Morgan fingerprint density at radius 2 is 1.42 bits per heavy atom. The minimum atomic E-state index is -0.586. The fourth-order valence-electron chi connectivity index (χ4n) is 2.85. The molecule has 3 aromatic rings. The molecular weight excluding hydrogens is 333 g/mol. The van der Waals surface area contributed by atoms with Gasteiger partial charge in [-0.3, -0.25) is 0 Å². The van der Waals surface area contributed by atoms with Crippen LogP contribution in [0.25, 0.3) is 0 Å². The Balaban J connectivity index is 2.08. The quantitative estimate of drug-likeness (QED) is 0.578. The Labute approximate surface area is 149 Å². The molecule has 0 aliphatic rings. The van der Waals surface area contributed by atoms with Crippen molar-refractivity contribution in [3.05, 3.63) is 95.0 Å². The maximum Gasteiger partial charge on any atom is 0.0992 e. The molecule has 3 heteroatoms. The van der Waals surface area contributed by atoms with Crippen LogP contribution in [0.15, 0.2) is 78.9 Å². The lowest BCUT2D eigenvalue weighted by Gasteiger charge is -2.27. The van der Waals surface area contributed by atoms with Crippen LogP contribution >= 0.6 is 19.5 Å². The van der Waals surface area contributed by atoms with Gasteiger partial charge in [0.15, 0.2) is 0 Å². The highest BCUT2D eigenvalue weighted by Crippen LogP contribution is 2.50. The first-order valence-corrected chi connectivity index (χ1v) is 9.58. The summed E-state index contributed by atoms with van der Waals surface area (Å²) in [4.78, 5) is 0. The molecule has 0 fully saturated rings. The van der Waals surface area contributed by atoms with Gasteiger partial charge in [-0.1, -0.05) is 85.3 Å². The van der Waals surface area contributed by atoms with E-state index < -0.39 is 7.92 Å². The zero-order chi connectivity index (χ0) is 16.9. The third kappa shape index (κ3) is 3.51. The largest absolute Gasteiger partial charge is 0.192 e. The molecule has 3 aromatic carbocycles. The standard InChI is InChI=1S/C21H17ClNP/c1-16(20-13-12-17(15-23)14-21(20)22)24(18-8-4-2-5-9-18)19-10-6-3-7-11-19/h2-14,16H,1H3. The molecule has 3 rings (SSSR count). The predicted octanol–water partition coefficient (Wildman–Crippen LogP) is 5.41. The Kier molecular flexibility index (Phi) is 5.31. The van der Waals surface area contributed by atoms with Gasteiger partial charge in [0.05, 0.1) is 11.6 Å². The summed E-state index contributed by atoms with van der Waals surface area (Å²) in [5.74, 6) is 0. The van der Waals surface area contributed by atoms with Crippen LogP contribution in [-0.2, 0) is 0 Å². The van der Waals surface area contributed by atoms with E-state index in [2.05, 4.69) is 61.5 Å². The van der Waals surface area contributed by atoms with E-state index in [0.717, 1.165) is 5.56 Å². The summed E-state index contributed by atoms with van der Waals surface area (Å²) in [6.07, 6.45) is 0. The maximum absolute atomic E-state index is 9.05. The van der Waals surface area contributed by atoms with E-state index in [1.54, 1.807) is 6.07 Å². The van der Waals surface area contributed by atoms with E-state index in [-0.39, 0.29) is 5.66 Å². The molecule has 1 atom stereocenters. The Bertz CT molecular complexity index is 817. The van der Waals surface area contributed by atoms with Crippen molar-refractivity contribution in [2.75, 3.05) is 0 Å². The van der Waals surface area contributed by atoms with Crippen LogP contribution in [0.4, 0.5) is 0 Å². The van der Waals surface area contributed by atoms with Gasteiger partial charge < -0.3 is 0 Å². The van der Waals surface area contributed by atoms with Gasteiger partial charge in [-0.2, -0.15) is 5.26 Å². The molecule has 0 heterocycles. The molecule has 1 nitrogen and oxygen atoms in total. The second kappa shape index (κ2) is 7.63. The molecular formula is C21H17ClNP. The fraction of sp³-hybridized carbons (Fsp3) is 0.0952. The van der Waals surface area contributed by atoms with E-state index >= 15 is 0 Å². The second-order valence-corrected chi connectivity index (χ2v) is 8.52. The molecule has 1 unspecified atom stereocenters. The molecule has 0 aromatic heterocycles. The van der Waals surface area contributed by atoms with Gasteiger partial charge in [0, 0.05) is 10.7 Å². The van der Waals surface area contributed by atoms with Crippen molar-refractivity contribution < 1.29 is 0 Å². The van der Waals surface area contributed by atoms with Crippen molar-refractivity contribution in [2.45, 2.75) is 12.6 Å². The van der Waals surface area contributed by atoms with Crippen molar-refractivity contribution in [3.63, 3.8) is 0 Å². The second-order valence-electron chi connectivity index (χ2n) is 5.57. The molecule has 118 valence electrons. The average molecular weight is 350 g/mol. The predicted molar refractivity (Wildman–Crippen MR) is 104 cm³/mol. The minimum absolute atomic E-state index is 0.255. The Morgan fingerprint density at radius 3 is 1.88 bits per heavy atom. The maximum atomic E-state index is 9.05. The van der Waals surface area contributed by atoms with Crippen LogP contribution in [0.5, 0.6) is 0 Å². The Hall–Kier alpha value is -2.13. The van der Waals surface area contributed by atoms with Crippen LogP contribution in [0, 0.1) is 11.3 Å². The summed E-state index contributed by atoms with van der Waals surface area (Å²) < 4.78 is 0. The van der Waals surface area contributed by atoms with Crippen molar-refractivity contribution in [1.29, 1.82) is 5.26 Å². The van der Waals surface area contributed by atoms with Gasteiger partial charge >= 0.3 is 0 Å². The van der Waals surface area contributed by atoms with Gasteiger partial charge in [-0.15, -0.1) is 0 Å². The minimum Gasteiger partial charge on any atom is -0.192 e. The van der Waals surface area contributed by atoms with Crippen molar-refractivity contribution in [3.8, 4) is 6.07 Å².